The Morgan fingerprint density at radius 2 is 2.00 bits per heavy atom. The molecule has 2 aliphatic carbocycles. The van der Waals surface area contributed by atoms with Crippen LogP contribution in [-0.2, 0) is 18.4 Å². The molecule has 0 amide bonds. The third kappa shape index (κ3) is 1.58. The first-order chi connectivity index (χ1) is 8.01. The van der Waals surface area contributed by atoms with E-state index >= 15 is 0 Å². The van der Waals surface area contributed by atoms with Gasteiger partial charge in [0.1, 0.15) is 5.16 Å². The van der Waals surface area contributed by atoms with Crippen molar-refractivity contribution in [2.75, 3.05) is 13.2 Å². The second kappa shape index (κ2) is 4.34. The Kier molecular flexibility index (Phi) is 3.32. The van der Waals surface area contributed by atoms with Crippen LogP contribution in [0.3, 0.4) is 0 Å². The number of rotatable bonds is 5. The zero-order valence-corrected chi connectivity index (χ0v) is 11.4. The summed E-state index contributed by atoms with van der Waals surface area (Å²) in [5.41, 5.74) is 0. The Bertz CT molecular complexity index is 393. The molecule has 0 saturated heterocycles. The summed E-state index contributed by atoms with van der Waals surface area (Å²) in [6.45, 7) is 5.83. The van der Waals surface area contributed by atoms with E-state index in [4.69, 9.17) is 9.05 Å². The molecular weight excluding hydrogens is 239 g/mol. The average Bonchev–Trinajstić information content (AvgIpc) is 2.74. The fourth-order valence-corrected chi connectivity index (χ4v) is 5.27. The predicted molar refractivity (Wildman–Crippen MR) is 65.0 cm³/mol. The number of carbonyl (C=O) groups is 1. The topological polar surface area (TPSA) is 52.6 Å². The van der Waals surface area contributed by atoms with Crippen molar-refractivity contribution in [3.63, 3.8) is 0 Å². The molecule has 1 fully saturated rings. The molecule has 0 heterocycles. The molecule has 5 heteroatoms. The van der Waals surface area contributed by atoms with Gasteiger partial charge < -0.3 is 9.05 Å². The number of hydrogen-bond donors (Lipinski definition) is 0. The van der Waals surface area contributed by atoms with Gasteiger partial charge in [0.2, 0.25) is 0 Å². The van der Waals surface area contributed by atoms with Crippen molar-refractivity contribution in [1.82, 2.24) is 0 Å². The summed E-state index contributed by atoms with van der Waals surface area (Å²) in [4.78, 5) is 12.2. The van der Waals surface area contributed by atoms with Gasteiger partial charge in [-0.05, 0) is 27.2 Å². The normalized spacial score (nSPS) is 35.8. The lowest BCUT2D eigenvalue weighted by atomic mass is 9.65. The van der Waals surface area contributed by atoms with Crippen molar-refractivity contribution >= 4 is 13.4 Å². The third-order valence-corrected chi connectivity index (χ3v) is 6.67. The smallest absolute Gasteiger partial charge is 0.308 e. The zero-order valence-electron chi connectivity index (χ0n) is 10.5. The van der Waals surface area contributed by atoms with Crippen LogP contribution in [0.5, 0.6) is 0 Å². The number of ketones is 1. The summed E-state index contributed by atoms with van der Waals surface area (Å²) in [6.07, 6.45) is 4.73. The number of allylic oxidation sites excluding steroid dienone is 2. The van der Waals surface area contributed by atoms with Crippen molar-refractivity contribution in [3.8, 4) is 0 Å². The highest BCUT2D eigenvalue weighted by Gasteiger charge is 2.69. The molecular formula is C12H19O4P. The van der Waals surface area contributed by atoms with Crippen molar-refractivity contribution in [2.45, 2.75) is 32.3 Å². The van der Waals surface area contributed by atoms with Gasteiger partial charge in [0.25, 0.3) is 0 Å². The lowest BCUT2D eigenvalue weighted by Gasteiger charge is -2.49. The molecule has 0 unspecified atom stereocenters. The molecule has 0 aromatic rings. The molecule has 1 saturated carbocycles. The monoisotopic (exact) mass is 258 g/mol. The van der Waals surface area contributed by atoms with Crippen molar-refractivity contribution in [1.29, 1.82) is 0 Å². The van der Waals surface area contributed by atoms with Crippen LogP contribution in [0.4, 0.5) is 0 Å². The fraction of sp³-hybridized carbons (Fsp3) is 0.750. The maximum atomic E-state index is 12.8. The van der Waals surface area contributed by atoms with Crippen molar-refractivity contribution < 1.29 is 18.4 Å². The summed E-state index contributed by atoms with van der Waals surface area (Å²) in [5, 5.41) is -0.976. The van der Waals surface area contributed by atoms with E-state index in [1.165, 1.54) is 0 Å². The van der Waals surface area contributed by atoms with Gasteiger partial charge >= 0.3 is 7.60 Å². The van der Waals surface area contributed by atoms with Gasteiger partial charge in [-0.2, -0.15) is 0 Å². The lowest BCUT2D eigenvalue weighted by Crippen LogP contribution is -2.59. The van der Waals surface area contributed by atoms with Crippen molar-refractivity contribution in [2.24, 2.45) is 11.8 Å². The van der Waals surface area contributed by atoms with E-state index in [9.17, 15) is 9.36 Å². The van der Waals surface area contributed by atoms with E-state index in [1.807, 2.05) is 12.2 Å². The largest absolute Gasteiger partial charge is 0.344 e. The molecule has 4 nitrogen and oxygen atoms in total. The van der Waals surface area contributed by atoms with E-state index in [0.29, 0.717) is 13.2 Å². The summed E-state index contributed by atoms with van der Waals surface area (Å²) < 4.78 is 23.4. The molecule has 0 aromatic carbocycles. The first-order valence-electron chi connectivity index (χ1n) is 6.11. The number of fused-ring (bicyclic) bond motifs is 1. The van der Waals surface area contributed by atoms with Gasteiger partial charge in [0.05, 0.1) is 13.2 Å². The highest BCUT2D eigenvalue weighted by molar-refractivity contribution is 7.57. The molecule has 3 atom stereocenters. The Hall–Kier alpha value is -0.440. The van der Waals surface area contributed by atoms with Crippen LogP contribution < -0.4 is 0 Å². The van der Waals surface area contributed by atoms with E-state index in [-0.39, 0.29) is 17.6 Å². The maximum Gasteiger partial charge on any atom is 0.344 e. The van der Waals surface area contributed by atoms with Crippen LogP contribution >= 0.6 is 7.60 Å². The second-order valence-corrected chi connectivity index (χ2v) is 7.08. The molecule has 2 aliphatic rings. The molecule has 0 radical (unpaired) electrons. The van der Waals surface area contributed by atoms with Crippen LogP contribution in [0.25, 0.3) is 0 Å². The van der Waals surface area contributed by atoms with Gasteiger partial charge in [0.15, 0.2) is 5.78 Å². The molecule has 17 heavy (non-hydrogen) atoms. The van der Waals surface area contributed by atoms with E-state index in [0.717, 1.165) is 6.42 Å². The van der Waals surface area contributed by atoms with E-state index < -0.39 is 12.8 Å². The number of hydrogen-bond acceptors (Lipinski definition) is 4. The van der Waals surface area contributed by atoms with Gasteiger partial charge in [0, 0.05) is 11.8 Å². The van der Waals surface area contributed by atoms with Gasteiger partial charge in [-0.25, -0.2) is 0 Å². The molecule has 0 bridgehead atoms. The van der Waals surface area contributed by atoms with Gasteiger partial charge in [-0.15, -0.1) is 0 Å². The minimum Gasteiger partial charge on any atom is -0.308 e. The Morgan fingerprint density at radius 3 is 2.53 bits per heavy atom. The Balaban J connectivity index is 2.32. The molecule has 96 valence electrons. The zero-order chi connectivity index (χ0) is 12.7. The first kappa shape index (κ1) is 13.0. The van der Waals surface area contributed by atoms with Gasteiger partial charge in [-0.1, -0.05) is 12.2 Å². The Labute approximate surface area is 102 Å². The maximum absolute atomic E-state index is 12.8. The minimum atomic E-state index is -3.36. The molecule has 0 aliphatic heterocycles. The SMILES string of the molecule is CCOP(=O)(OCC)[C@]1(C)C(=O)[C@H]2CC=C[C@H]21. The number of Topliss-reactive ketones (excluding diaryl/α,β-unsaturated/α-hetero) is 1. The number of carbonyl (C=O) groups excluding carboxylic acids is 1. The third-order valence-electron chi connectivity index (χ3n) is 3.82. The molecule has 2 rings (SSSR count). The highest BCUT2D eigenvalue weighted by atomic mass is 31.2. The molecule has 0 aromatic heterocycles. The Morgan fingerprint density at radius 1 is 1.41 bits per heavy atom. The summed E-state index contributed by atoms with van der Waals surface area (Å²) in [5.74, 6) is 0.0332. The standard InChI is InChI=1S/C12H19O4P/c1-4-15-17(14,16-5-2)12(3)10-8-6-7-9(10)11(12)13/h6,8-10H,4-5,7H2,1-3H3/t9-,10+,12-/m0/s1. The predicted octanol–water partition coefficient (Wildman–Crippen LogP) is 2.79. The van der Waals surface area contributed by atoms with Crippen LogP contribution in [0.1, 0.15) is 27.2 Å². The quantitative estimate of drug-likeness (QED) is 0.562. The van der Waals surface area contributed by atoms with Crippen LogP contribution in [0.2, 0.25) is 0 Å². The summed E-state index contributed by atoms with van der Waals surface area (Å²) in [6, 6.07) is 0. The van der Waals surface area contributed by atoms with Gasteiger partial charge in [-0.3, -0.25) is 9.36 Å². The van der Waals surface area contributed by atoms with Crippen molar-refractivity contribution in [3.05, 3.63) is 12.2 Å². The molecule has 0 N–H and O–H groups in total. The van der Waals surface area contributed by atoms with Crippen LogP contribution in [0.15, 0.2) is 12.2 Å². The first-order valence-corrected chi connectivity index (χ1v) is 7.65. The van der Waals surface area contributed by atoms with E-state index in [2.05, 4.69) is 0 Å². The lowest BCUT2D eigenvalue weighted by molar-refractivity contribution is -0.137. The average molecular weight is 258 g/mol. The highest BCUT2D eigenvalue weighted by Crippen LogP contribution is 2.71. The van der Waals surface area contributed by atoms with Crippen LogP contribution in [-0.4, -0.2) is 24.2 Å². The fourth-order valence-electron chi connectivity index (χ4n) is 2.91. The minimum absolute atomic E-state index is 0.00534. The van der Waals surface area contributed by atoms with Crippen LogP contribution in [0, 0.1) is 11.8 Å². The summed E-state index contributed by atoms with van der Waals surface area (Å²) in [7, 11) is -3.36. The van der Waals surface area contributed by atoms with E-state index in [1.54, 1.807) is 20.8 Å². The molecule has 0 spiro atoms. The second-order valence-electron chi connectivity index (χ2n) is 4.64. The summed E-state index contributed by atoms with van der Waals surface area (Å²) >= 11 is 0.